The van der Waals surface area contributed by atoms with Gasteiger partial charge in [0.05, 0.1) is 7.11 Å². The number of rotatable bonds is 8. The first kappa shape index (κ1) is 21.6. The molecule has 0 aliphatic carbocycles. The summed E-state index contributed by atoms with van der Waals surface area (Å²) < 4.78 is 9.89. The number of aliphatic carboxylic acids is 1. The standard InChI is InChI=1S/C20H25N3O7/c1-29-14-4-2-12(3-5-14)8-15-20(28)23-7-6-13(9-16(23)19(27)22-15)21-17(24)10-30-11-18(25)26/h2-5,13,15-16H,6-11H2,1H3,(H,21,24)(H,22,27)(H,25,26)/t13-,15-,16-/m0/s1. The molecule has 3 amide bonds. The fraction of sp³-hybridized carbons (Fsp3) is 0.500. The van der Waals surface area contributed by atoms with Crippen LogP contribution in [-0.2, 0) is 30.3 Å². The van der Waals surface area contributed by atoms with E-state index in [-0.39, 0.29) is 24.5 Å². The van der Waals surface area contributed by atoms with Gasteiger partial charge < -0.3 is 30.1 Å². The average molecular weight is 419 g/mol. The van der Waals surface area contributed by atoms with Gasteiger partial charge in [-0.25, -0.2) is 4.79 Å². The van der Waals surface area contributed by atoms with E-state index in [4.69, 9.17) is 14.6 Å². The van der Waals surface area contributed by atoms with Gasteiger partial charge in [-0.3, -0.25) is 14.4 Å². The van der Waals surface area contributed by atoms with Gasteiger partial charge in [0.2, 0.25) is 17.7 Å². The highest BCUT2D eigenvalue weighted by Gasteiger charge is 2.43. The fourth-order valence-corrected chi connectivity index (χ4v) is 3.77. The molecule has 162 valence electrons. The van der Waals surface area contributed by atoms with E-state index in [2.05, 4.69) is 10.6 Å². The SMILES string of the molecule is COc1ccc(C[C@@H]2NC(=O)[C@@H]3C[C@@H](NC(=O)COCC(=O)O)CCN3C2=O)cc1. The molecule has 0 radical (unpaired) electrons. The maximum absolute atomic E-state index is 12.9. The number of piperidine rings is 1. The number of ether oxygens (including phenoxy) is 2. The molecule has 2 saturated heterocycles. The molecular formula is C20H25N3O7. The van der Waals surface area contributed by atoms with E-state index >= 15 is 0 Å². The maximum Gasteiger partial charge on any atom is 0.329 e. The van der Waals surface area contributed by atoms with Crippen LogP contribution in [0.2, 0.25) is 0 Å². The first-order chi connectivity index (χ1) is 14.4. The van der Waals surface area contributed by atoms with Crippen LogP contribution in [0.1, 0.15) is 18.4 Å². The molecule has 2 aliphatic rings. The molecule has 3 atom stereocenters. The van der Waals surface area contributed by atoms with E-state index in [0.717, 1.165) is 11.3 Å². The van der Waals surface area contributed by atoms with Gasteiger partial charge in [0.15, 0.2) is 0 Å². The second kappa shape index (κ2) is 9.57. The lowest BCUT2D eigenvalue weighted by molar-refractivity contribution is -0.152. The smallest absolute Gasteiger partial charge is 0.329 e. The van der Waals surface area contributed by atoms with Crippen LogP contribution in [-0.4, -0.2) is 78.7 Å². The van der Waals surface area contributed by atoms with E-state index in [1.165, 1.54) is 0 Å². The first-order valence-electron chi connectivity index (χ1n) is 9.70. The number of nitrogens with zero attached hydrogens (tertiary/aromatic N) is 1. The summed E-state index contributed by atoms with van der Waals surface area (Å²) in [6.07, 6.45) is 1.20. The number of benzene rings is 1. The van der Waals surface area contributed by atoms with E-state index < -0.39 is 30.6 Å². The van der Waals surface area contributed by atoms with E-state index in [9.17, 15) is 19.2 Å². The van der Waals surface area contributed by atoms with Crippen molar-refractivity contribution in [3.05, 3.63) is 29.8 Å². The number of amides is 3. The zero-order valence-corrected chi connectivity index (χ0v) is 16.6. The Morgan fingerprint density at radius 3 is 2.63 bits per heavy atom. The molecule has 10 nitrogen and oxygen atoms in total. The van der Waals surface area contributed by atoms with Crippen LogP contribution in [0, 0.1) is 0 Å². The van der Waals surface area contributed by atoms with Crippen molar-refractivity contribution < 1.29 is 33.8 Å². The second-order valence-corrected chi connectivity index (χ2v) is 7.34. The minimum Gasteiger partial charge on any atom is -0.497 e. The number of fused-ring (bicyclic) bond motifs is 1. The monoisotopic (exact) mass is 419 g/mol. The summed E-state index contributed by atoms with van der Waals surface area (Å²) in [5.74, 6) is -1.26. The van der Waals surface area contributed by atoms with Crippen LogP contribution in [0.15, 0.2) is 24.3 Å². The molecule has 30 heavy (non-hydrogen) atoms. The molecule has 2 heterocycles. The van der Waals surface area contributed by atoms with Crippen molar-refractivity contribution in [2.24, 2.45) is 0 Å². The normalized spacial score (nSPS) is 23.4. The van der Waals surface area contributed by atoms with Crippen molar-refractivity contribution in [3.8, 4) is 5.75 Å². The van der Waals surface area contributed by atoms with E-state index in [0.29, 0.717) is 25.8 Å². The van der Waals surface area contributed by atoms with Gasteiger partial charge >= 0.3 is 5.97 Å². The number of carbonyl (C=O) groups excluding carboxylic acids is 3. The third-order valence-electron chi connectivity index (χ3n) is 5.23. The van der Waals surface area contributed by atoms with Gasteiger partial charge in [0, 0.05) is 19.0 Å². The molecule has 3 rings (SSSR count). The molecule has 1 aromatic rings. The van der Waals surface area contributed by atoms with E-state index in [1.54, 1.807) is 12.0 Å². The summed E-state index contributed by atoms with van der Waals surface area (Å²) in [5.41, 5.74) is 0.913. The zero-order chi connectivity index (χ0) is 21.7. The summed E-state index contributed by atoms with van der Waals surface area (Å²) in [7, 11) is 1.58. The van der Waals surface area contributed by atoms with Crippen LogP contribution in [0.4, 0.5) is 0 Å². The van der Waals surface area contributed by atoms with Crippen molar-refractivity contribution in [2.75, 3.05) is 26.9 Å². The largest absolute Gasteiger partial charge is 0.497 e. The molecule has 1 aromatic carbocycles. The van der Waals surface area contributed by atoms with Gasteiger partial charge in [-0.1, -0.05) is 12.1 Å². The van der Waals surface area contributed by atoms with Crippen LogP contribution >= 0.6 is 0 Å². The Balaban J connectivity index is 1.54. The first-order valence-corrected chi connectivity index (χ1v) is 9.70. The lowest BCUT2D eigenvalue weighted by atomic mass is 9.91. The number of hydrogen-bond donors (Lipinski definition) is 3. The molecular weight excluding hydrogens is 394 g/mol. The molecule has 0 unspecified atom stereocenters. The Hall–Kier alpha value is -3.14. The van der Waals surface area contributed by atoms with Gasteiger partial charge in [0.1, 0.15) is 31.0 Å². The minimum atomic E-state index is -1.15. The van der Waals surface area contributed by atoms with Gasteiger partial charge in [0.25, 0.3) is 0 Å². The van der Waals surface area contributed by atoms with Crippen molar-refractivity contribution in [1.82, 2.24) is 15.5 Å². The molecule has 2 aliphatic heterocycles. The fourth-order valence-electron chi connectivity index (χ4n) is 3.77. The van der Waals surface area contributed by atoms with Crippen LogP contribution < -0.4 is 15.4 Å². The number of piperazine rings is 1. The summed E-state index contributed by atoms with van der Waals surface area (Å²) >= 11 is 0. The van der Waals surface area contributed by atoms with Gasteiger partial charge in [-0.15, -0.1) is 0 Å². The van der Waals surface area contributed by atoms with Gasteiger partial charge in [-0.2, -0.15) is 0 Å². The highest BCUT2D eigenvalue weighted by Crippen LogP contribution is 2.24. The van der Waals surface area contributed by atoms with Crippen molar-refractivity contribution >= 4 is 23.7 Å². The quantitative estimate of drug-likeness (QED) is 0.508. The second-order valence-electron chi connectivity index (χ2n) is 7.34. The van der Waals surface area contributed by atoms with Crippen molar-refractivity contribution in [3.63, 3.8) is 0 Å². The molecule has 10 heteroatoms. The number of carboxylic acid groups (broad SMARTS) is 1. The predicted molar refractivity (Wildman–Crippen MR) is 104 cm³/mol. The van der Waals surface area contributed by atoms with Gasteiger partial charge in [-0.05, 0) is 30.5 Å². The minimum absolute atomic E-state index is 0.134. The highest BCUT2D eigenvalue weighted by molar-refractivity contribution is 5.97. The number of nitrogens with one attached hydrogen (secondary N) is 2. The Kier molecular flexibility index (Phi) is 6.88. The summed E-state index contributed by atoms with van der Waals surface area (Å²) in [6.45, 7) is -0.565. The average Bonchev–Trinajstić information content (AvgIpc) is 2.72. The van der Waals surface area contributed by atoms with Crippen LogP contribution in [0.5, 0.6) is 5.75 Å². The number of carbonyl (C=O) groups is 4. The highest BCUT2D eigenvalue weighted by atomic mass is 16.5. The molecule has 0 spiro atoms. The summed E-state index contributed by atoms with van der Waals surface area (Å²) in [6, 6.07) is 5.78. The van der Waals surface area contributed by atoms with Crippen molar-refractivity contribution in [1.29, 1.82) is 0 Å². The van der Waals surface area contributed by atoms with Crippen LogP contribution in [0.25, 0.3) is 0 Å². The molecule has 2 fully saturated rings. The zero-order valence-electron chi connectivity index (χ0n) is 16.6. The molecule has 0 saturated carbocycles. The van der Waals surface area contributed by atoms with E-state index in [1.807, 2.05) is 24.3 Å². The Bertz CT molecular complexity index is 811. The Morgan fingerprint density at radius 2 is 1.97 bits per heavy atom. The number of hydrogen-bond acceptors (Lipinski definition) is 6. The Morgan fingerprint density at radius 1 is 1.23 bits per heavy atom. The Labute approximate surface area is 173 Å². The summed E-state index contributed by atoms with van der Waals surface area (Å²) in [5, 5.41) is 14.1. The van der Waals surface area contributed by atoms with Crippen molar-refractivity contribution in [2.45, 2.75) is 37.4 Å². The predicted octanol–water partition coefficient (Wildman–Crippen LogP) is -0.687. The van der Waals surface area contributed by atoms with Crippen LogP contribution in [0.3, 0.4) is 0 Å². The molecule has 3 N–H and O–H groups in total. The number of methoxy groups -OCH3 is 1. The summed E-state index contributed by atoms with van der Waals surface area (Å²) in [4.78, 5) is 49.4. The third kappa shape index (κ3) is 5.26. The lowest BCUT2D eigenvalue weighted by Gasteiger charge is -2.44. The maximum atomic E-state index is 12.9. The lowest BCUT2D eigenvalue weighted by Crippen LogP contribution is -2.67. The number of carboxylic acids is 1. The topological polar surface area (TPSA) is 134 Å². The third-order valence-corrected chi connectivity index (χ3v) is 5.23. The molecule has 0 aromatic heterocycles. The molecule has 0 bridgehead atoms.